The molecule has 1 aromatic carbocycles. The van der Waals surface area contributed by atoms with Gasteiger partial charge in [0.25, 0.3) is 0 Å². The van der Waals surface area contributed by atoms with Crippen molar-refractivity contribution in [1.29, 1.82) is 0 Å². The molecule has 108 valence electrons. The van der Waals surface area contributed by atoms with Gasteiger partial charge in [-0.1, -0.05) is 39.8 Å². The smallest absolute Gasteiger partial charge is 0.240 e. The third-order valence-corrected chi connectivity index (χ3v) is 4.71. The van der Waals surface area contributed by atoms with Crippen molar-refractivity contribution in [2.45, 2.75) is 45.1 Å². The third-order valence-electron chi connectivity index (χ3n) is 3.22. The van der Waals surface area contributed by atoms with Gasteiger partial charge in [-0.05, 0) is 29.5 Å². The fraction of sp³-hybridized carbons (Fsp3) is 0.571. The van der Waals surface area contributed by atoms with Gasteiger partial charge in [0, 0.05) is 12.6 Å². The molecule has 1 aromatic rings. The van der Waals surface area contributed by atoms with Gasteiger partial charge in [0.05, 0.1) is 4.90 Å². The van der Waals surface area contributed by atoms with Crippen molar-refractivity contribution in [3.8, 4) is 0 Å². The van der Waals surface area contributed by atoms with E-state index in [0.717, 1.165) is 12.0 Å². The number of aryl methyl sites for hydroxylation is 1. The zero-order valence-corrected chi connectivity index (χ0v) is 12.9. The summed E-state index contributed by atoms with van der Waals surface area (Å²) in [4.78, 5) is 0.285. The Balaban J connectivity index is 2.97. The second-order valence-corrected chi connectivity index (χ2v) is 7.49. The lowest BCUT2D eigenvalue weighted by Crippen LogP contribution is -2.48. The quantitative estimate of drug-likeness (QED) is 0.867. The van der Waals surface area contributed by atoms with Crippen LogP contribution in [0.4, 0.5) is 0 Å². The van der Waals surface area contributed by atoms with E-state index < -0.39 is 10.0 Å². The third kappa shape index (κ3) is 4.30. The van der Waals surface area contributed by atoms with Crippen LogP contribution in [0.15, 0.2) is 29.2 Å². The highest BCUT2D eigenvalue weighted by Crippen LogP contribution is 2.21. The monoisotopic (exact) mass is 284 g/mol. The Morgan fingerprint density at radius 2 is 1.74 bits per heavy atom. The Labute approximate surface area is 116 Å². The summed E-state index contributed by atoms with van der Waals surface area (Å²) in [6.07, 6.45) is 0.890. The molecule has 0 bridgehead atoms. The van der Waals surface area contributed by atoms with Crippen molar-refractivity contribution in [1.82, 2.24) is 4.72 Å². The number of nitrogens with two attached hydrogens (primary N) is 1. The van der Waals surface area contributed by atoms with Gasteiger partial charge in [-0.2, -0.15) is 0 Å². The lowest BCUT2D eigenvalue weighted by Gasteiger charge is -2.30. The molecular weight excluding hydrogens is 260 g/mol. The fourth-order valence-corrected chi connectivity index (χ4v) is 3.19. The molecule has 0 fully saturated rings. The number of rotatable bonds is 5. The van der Waals surface area contributed by atoms with Gasteiger partial charge in [-0.15, -0.1) is 0 Å². The van der Waals surface area contributed by atoms with Crippen molar-refractivity contribution in [3.63, 3.8) is 0 Å². The Morgan fingerprint density at radius 1 is 1.21 bits per heavy atom. The molecule has 0 spiro atoms. The van der Waals surface area contributed by atoms with E-state index in [1.807, 2.05) is 39.8 Å². The topological polar surface area (TPSA) is 72.2 Å². The highest BCUT2D eigenvalue weighted by molar-refractivity contribution is 7.89. The largest absolute Gasteiger partial charge is 0.329 e. The first kappa shape index (κ1) is 16.1. The first-order valence-electron chi connectivity index (χ1n) is 6.52. The molecular formula is C14H24N2O2S. The van der Waals surface area contributed by atoms with Crippen molar-refractivity contribution < 1.29 is 8.42 Å². The summed E-state index contributed by atoms with van der Waals surface area (Å²) in [7, 11) is -3.51. The number of benzene rings is 1. The van der Waals surface area contributed by atoms with Gasteiger partial charge >= 0.3 is 0 Å². The molecule has 0 amide bonds. The molecule has 0 saturated carbocycles. The predicted molar refractivity (Wildman–Crippen MR) is 78.4 cm³/mol. The first-order chi connectivity index (χ1) is 8.70. The van der Waals surface area contributed by atoms with Crippen LogP contribution in [0.2, 0.25) is 0 Å². The van der Waals surface area contributed by atoms with Crippen molar-refractivity contribution in [2.75, 3.05) is 6.54 Å². The van der Waals surface area contributed by atoms with Gasteiger partial charge in [0.15, 0.2) is 0 Å². The summed E-state index contributed by atoms with van der Waals surface area (Å²) in [5.41, 5.74) is 6.56. The van der Waals surface area contributed by atoms with Crippen molar-refractivity contribution in [2.24, 2.45) is 11.1 Å². The van der Waals surface area contributed by atoms with E-state index in [1.54, 1.807) is 12.1 Å². The maximum absolute atomic E-state index is 12.3. The predicted octanol–water partition coefficient (Wildman–Crippen LogP) is 1.90. The van der Waals surface area contributed by atoms with Crippen LogP contribution in [0, 0.1) is 5.41 Å². The summed E-state index contributed by atoms with van der Waals surface area (Å²) in [6.45, 7) is 8.20. The Kier molecular flexibility index (Phi) is 5.12. The average Bonchev–Trinajstić information content (AvgIpc) is 2.34. The summed E-state index contributed by atoms with van der Waals surface area (Å²) in [5.74, 6) is 0. The SMILES string of the molecule is CCc1ccc(S(=O)(=O)NC(CN)C(C)(C)C)cc1. The van der Waals surface area contributed by atoms with Crippen LogP contribution in [0.25, 0.3) is 0 Å². The lowest BCUT2D eigenvalue weighted by atomic mass is 9.88. The van der Waals surface area contributed by atoms with E-state index in [9.17, 15) is 8.42 Å². The molecule has 1 rings (SSSR count). The first-order valence-corrected chi connectivity index (χ1v) is 8.00. The van der Waals surface area contributed by atoms with E-state index in [4.69, 9.17) is 5.73 Å². The molecule has 0 aliphatic carbocycles. The second kappa shape index (κ2) is 6.03. The fourth-order valence-electron chi connectivity index (χ4n) is 1.74. The zero-order valence-electron chi connectivity index (χ0n) is 12.1. The number of hydrogen-bond donors (Lipinski definition) is 2. The van der Waals surface area contributed by atoms with Crippen LogP contribution in [-0.2, 0) is 16.4 Å². The summed E-state index contributed by atoms with van der Waals surface area (Å²) in [5, 5.41) is 0. The maximum Gasteiger partial charge on any atom is 0.240 e. The molecule has 0 aromatic heterocycles. The minimum Gasteiger partial charge on any atom is -0.329 e. The second-order valence-electron chi connectivity index (χ2n) is 5.77. The highest BCUT2D eigenvalue weighted by atomic mass is 32.2. The molecule has 0 saturated heterocycles. The Hall–Kier alpha value is -0.910. The molecule has 0 aliphatic heterocycles. The summed E-state index contributed by atoms with van der Waals surface area (Å²) < 4.78 is 27.2. The van der Waals surface area contributed by atoms with Gasteiger partial charge in [0.2, 0.25) is 10.0 Å². The van der Waals surface area contributed by atoms with Gasteiger partial charge in [-0.25, -0.2) is 13.1 Å². The maximum atomic E-state index is 12.3. The number of sulfonamides is 1. The van der Waals surface area contributed by atoms with Crippen LogP contribution >= 0.6 is 0 Å². The van der Waals surface area contributed by atoms with E-state index in [2.05, 4.69) is 4.72 Å². The van der Waals surface area contributed by atoms with Crippen molar-refractivity contribution >= 4 is 10.0 Å². The summed E-state index contributed by atoms with van der Waals surface area (Å²) >= 11 is 0. The van der Waals surface area contributed by atoms with Crippen molar-refractivity contribution in [3.05, 3.63) is 29.8 Å². The van der Waals surface area contributed by atoms with E-state index in [1.165, 1.54) is 0 Å². The molecule has 0 aliphatic rings. The number of hydrogen-bond acceptors (Lipinski definition) is 3. The van der Waals surface area contributed by atoms with Gasteiger partial charge in [0.1, 0.15) is 0 Å². The average molecular weight is 284 g/mol. The van der Waals surface area contributed by atoms with Crippen LogP contribution < -0.4 is 10.5 Å². The highest BCUT2D eigenvalue weighted by Gasteiger charge is 2.28. The molecule has 1 unspecified atom stereocenters. The molecule has 3 N–H and O–H groups in total. The van der Waals surface area contributed by atoms with Gasteiger partial charge in [-0.3, -0.25) is 0 Å². The molecule has 4 nitrogen and oxygen atoms in total. The van der Waals surface area contributed by atoms with Crippen LogP contribution in [0.1, 0.15) is 33.3 Å². The Morgan fingerprint density at radius 3 is 2.11 bits per heavy atom. The van der Waals surface area contributed by atoms with E-state index in [-0.39, 0.29) is 22.9 Å². The summed E-state index contributed by atoms with van der Waals surface area (Å²) in [6, 6.07) is 6.66. The molecule has 0 heterocycles. The lowest BCUT2D eigenvalue weighted by molar-refractivity contribution is 0.304. The van der Waals surface area contributed by atoms with E-state index in [0.29, 0.717) is 0 Å². The zero-order chi connectivity index (χ0) is 14.7. The number of nitrogens with one attached hydrogen (secondary N) is 1. The normalized spacial score (nSPS) is 14.4. The molecule has 0 radical (unpaired) electrons. The minimum atomic E-state index is -3.51. The molecule has 5 heteroatoms. The van der Waals surface area contributed by atoms with E-state index >= 15 is 0 Å². The Bertz CT molecular complexity index is 501. The standard InChI is InChI=1S/C14H24N2O2S/c1-5-11-6-8-12(9-7-11)19(17,18)16-13(10-15)14(2,3)4/h6-9,13,16H,5,10,15H2,1-4H3. The molecule has 1 atom stereocenters. The van der Waals surface area contributed by atoms with Crippen LogP contribution in [0.5, 0.6) is 0 Å². The minimum absolute atomic E-state index is 0.217. The van der Waals surface area contributed by atoms with Crippen LogP contribution in [-0.4, -0.2) is 21.0 Å². The van der Waals surface area contributed by atoms with Crippen LogP contribution in [0.3, 0.4) is 0 Å². The molecule has 19 heavy (non-hydrogen) atoms. The van der Waals surface area contributed by atoms with Gasteiger partial charge < -0.3 is 5.73 Å².